The van der Waals surface area contributed by atoms with Gasteiger partial charge in [0.05, 0.1) is 12.7 Å². The minimum absolute atomic E-state index is 0.133. The zero-order valence-corrected chi connectivity index (χ0v) is 12.5. The summed E-state index contributed by atoms with van der Waals surface area (Å²) in [6.45, 7) is 0.700. The first-order valence-corrected chi connectivity index (χ1v) is 7.31. The monoisotopic (exact) mass is 324 g/mol. The molecule has 1 aliphatic rings. The average Bonchev–Trinajstić information content (AvgIpc) is 3.12. The zero-order chi connectivity index (χ0) is 16.5. The number of nitrogens with one attached hydrogen (secondary N) is 1. The first-order valence-electron chi connectivity index (χ1n) is 7.31. The first kappa shape index (κ1) is 14.2. The molecule has 3 aromatic rings. The number of carbonyl (C=O) groups excluding carboxylic acids is 1. The number of hydrogen-bond acceptors (Lipinski definition) is 7. The molecule has 3 aromatic heterocycles. The van der Waals surface area contributed by atoms with Gasteiger partial charge >= 0.3 is 11.8 Å². The molecule has 0 bridgehead atoms. The molecular formula is C15H12N6O3. The van der Waals surface area contributed by atoms with Gasteiger partial charge in [-0.15, -0.1) is 0 Å². The van der Waals surface area contributed by atoms with Crippen LogP contribution in [0.1, 0.15) is 21.8 Å². The van der Waals surface area contributed by atoms with Gasteiger partial charge < -0.3 is 14.4 Å². The number of aromatic nitrogens is 5. The molecular weight excluding hydrogens is 312 g/mol. The fourth-order valence-corrected chi connectivity index (χ4v) is 2.62. The number of fused-ring (bicyclic) bond motifs is 1. The molecule has 9 heteroatoms. The molecule has 120 valence electrons. The summed E-state index contributed by atoms with van der Waals surface area (Å²) >= 11 is 0. The van der Waals surface area contributed by atoms with Crippen molar-refractivity contribution in [3.63, 3.8) is 0 Å². The summed E-state index contributed by atoms with van der Waals surface area (Å²) in [4.78, 5) is 40.6. The van der Waals surface area contributed by atoms with E-state index in [2.05, 4.69) is 25.1 Å². The third-order valence-electron chi connectivity index (χ3n) is 3.85. The quantitative estimate of drug-likeness (QED) is 0.725. The molecule has 24 heavy (non-hydrogen) atoms. The van der Waals surface area contributed by atoms with Crippen molar-refractivity contribution in [2.75, 3.05) is 6.54 Å². The summed E-state index contributed by atoms with van der Waals surface area (Å²) in [5, 5.41) is 3.76. The van der Waals surface area contributed by atoms with Gasteiger partial charge in [-0.05, 0) is 18.1 Å². The molecule has 4 rings (SSSR count). The van der Waals surface area contributed by atoms with Crippen molar-refractivity contribution in [1.82, 2.24) is 30.0 Å². The Bertz CT molecular complexity index is 949. The van der Waals surface area contributed by atoms with Gasteiger partial charge in [-0.1, -0.05) is 5.16 Å². The maximum Gasteiger partial charge on any atom is 0.316 e. The van der Waals surface area contributed by atoms with Crippen molar-refractivity contribution < 1.29 is 9.32 Å². The van der Waals surface area contributed by atoms with E-state index in [9.17, 15) is 9.59 Å². The smallest absolute Gasteiger partial charge is 0.316 e. The van der Waals surface area contributed by atoms with Crippen LogP contribution in [0.3, 0.4) is 0 Å². The summed E-state index contributed by atoms with van der Waals surface area (Å²) in [7, 11) is 0. The number of amides is 1. The summed E-state index contributed by atoms with van der Waals surface area (Å²) in [5.41, 5.74) is 1.77. The molecule has 0 saturated carbocycles. The Morgan fingerprint density at radius 3 is 3.08 bits per heavy atom. The van der Waals surface area contributed by atoms with Crippen LogP contribution >= 0.6 is 0 Å². The van der Waals surface area contributed by atoms with Crippen molar-refractivity contribution in [3.05, 3.63) is 58.2 Å². The molecule has 1 aliphatic heterocycles. The highest BCUT2D eigenvalue weighted by Crippen LogP contribution is 2.18. The largest absolute Gasteiger partial charge is 0.330 e. The van der Waals surface area contributed by atoms with Gasteiger partial charge in [0, 0.05) is 30.7 Å². The lowest BCUT2D eigenvalue weighted by molar-refractivity contribution is 0.0683. The molecule has 0 atom stereocenters. The number of nitrogens with zero attached hydrogens (tertiary/aromatic N) is 5. The number of hydrogen-bond donors (Lipinski definition) is 1. The topological polar surface area (TPSA) is 118 Å². The Kier molecular flexibility index (Phi) is 3.38. The highest BCUT2D eigenvalue weighted by molar-refractivity contribution is 5.90. The molecule has 0 saturated heterocycles. The molecule has 0 spiro atoms. The zero-order valence-electron chi connectivity index (χ0n) is 12.5. The van der Waals surface area contributed by atoms with Crippen LogP contribution in [0.4, 0.5) is 0 Å². The molecule has 9 nitrogen and oxygen atoms in total. The van der Waals surface area contributed by atoms with Crippen molar-refractivity contribution in [3.8, 4) is 11.5 Å². The summed E-state index contributed by atoms with van der Waals surface area (Å²) in [6, 6.07) is 1.86. The Morgan fingerprint density at radius 1 is 1.33 bits per heavy atom. The van der Waals surface area contributed by atoms with E-state index in [1.54, 1.807) is 6.20 Å². The maximum atomic E-state index is 12.5. The van der Waals surface area contributed by atoms with Crippen LogP contribution in [-0.2, 0) is 13.0 Å². The number of rotatable bonds is 2. The summed E-state index contributed by atoms with van der Waals surface area (Å²) < 4.78 is 5.05. The van der Waals surface area contributed by atoms with Crippen LogP contribution in [0.2, 0.25) is 0 Å². The lowest BCUT2D eigenvalue weighted by Crippen LogP contribution is -2.38. The van der Waals surface area contributed by atoms with Crippen LogP contribution in [-0.4, -0.2) is 42.4 Å². The minimum Gasteiger partial charge on any atom is -0.330 e. The molecule has 4 heterocycles. The standard InChI is InChI=1S/C15H12N6O3/c22-13-10-8-21(6-2-9(10)1-3-18-13)15(23)14-19-12(20-24-14)11-7-16-4-5-17-11/h1,3-5,7H,2,6,8H2,(H,18,22). The predicted molar refractivity (Wildman–Crippen MR) is 80.8 cm³/mol. The van der Waals surface area contributed by atoms with E-state index >= 15 is 0 Å². The van der Waals surface area contributed by atoms with Crippen LogP contribution in [0.25, 0.3) is 11.5 Å². The molecule has 1 N–H and O–H groups in total. The minimum atomic E-state index is -0.411. The van der Waals surface area contributed by atoms with Gasteiger partial charge in [-0.25, -0.2) is 4.98 Å². The van der Waals surface area contributed by atoms with Crippen LogP contribution in [0, 0.1) is 0 Å². The Balaban J connectivity index is 1.58. The van der Waals surface area contributed by atoms with Crippen LogP contribution in [0.5, 0.6) is 0 Å². The first-order chi connectivity index (χ1) is 11.7. The molecule has 1 amide bonds. The summed E-state index contributed by atoms with van der Waals surface area (Å²) in [5.74, 6) is -0.347. The van der Waals surface area contributed by atoms with E-state index in [0.717, 1.165) is 5.56 Å². The Morgan fingerprint density at radius 2 is 2.25 bits per heavy atom. The van der Waals surface area contributed by atoms with Crippen molar-refractivity contribution in [1.29, 1.82) is 0 Å². The van der Waals surface area contributed by atoms with E-state index in [1.165, 1.54) is 23.5 Å². The van der Waals surface area contributed by atoms with E-state index in [4.69, 9.17) is 4.52 Å². The third kappa shape index (κ3) is 2.45. The molecule has 0 unspecified atom stereocenters. The molecule has 0 aromatic carbocycles. The van der Waals surface area contributed by atoms with Gasteiger partial charge in [-0.3, -0.25) is 14.6 Å². The highest BCUT2D eigenvalue weighted by atomic mass is 16.5. The van der Waals surface area contributed by atoms with E-state index < -0.39 is 5.91 Å². The van der Waals surface area contributed by atoms with Crippen molar-refractivity contribution in [2.24, 2.45) is 0 Å². The van der Waals surface area contributed by atoms with E-state index in [-0.39, 0.29) is 23.8 Å². The fraction of sp³-hybridized carbons (Fsp3) is 0.200. The van der Waals surface area contributed by atoms with E-state index in [1.807, 2.05) is 6.07 Å². The van der Waals surface area contributed by atoms with Gasteiger partial charge in [0.2, 0.25) is 5.82 Å². The van der Waals surface area contributed by atoms with Gasteiger partial charge in [0.25, 0.3) is 5.56 Å². The van der Waals surface area contributed by atoms with Crippen molar-refractivity contribution in [2.45, 2.75) is 13.0 Å². The number of pyridine rings is 1. The summed E-state index contributed by atoms with van der Waals surface area (Å²) in [6.07, 6.45) is 6.73. The van der Waals surface area contributed by atoms with E-state index in [0.29, 0.717) is 24.2 Å². The van der Waals surface area contributed by atoms with Gasteiger partial charge in [0.1, 0.15) is 5.69 Å². The predicted octanol–water partition coefficient (Wildman–Crippen LogP) is 0.413. The lowest BCUT2D eigenvalue weighted by Gasteiger charge is -2.26. The van der Waals surface area contributed by atoms with Gasteiger partial charge in [0.15, 0.2) is 0 Å². The molecule has 0 fully saturated rings. The number of carbonyl (C=O) groups is 1. The Hall–Kier alpha value is -3.36. The Labute approximate surface area is 135 Å². The third-order valence-corrected chi connectivity index (χ3v) is 3.85. The second-order valence-electron chi connectivity index (χ2n) is 5.30. The number of aromatic amines is 1. The molecule has 0 radical (unpaired) electrons. The number of H-pyrrole nitrogens is 1. The maximum absolute atomic E-state index is 12.5. The molecule has 0 aliphatic carbocycles. The second-order valence-corrected chi connectivity index (χ2v) is 5.30. The lowest BCUT2D eigenvalue weighted by atomic mass is 10.0. The van der Waals surface area contributed by atoms with Crippen LogP contribution in [0.15, 0.2) is 40.2 Å². The average molecular weight is 324 g/mol. The SMILES string of the molecule is O=C(c1nc(-c2cnccn2)no1)N1CCc2cc[nH]c(=O)c2C1. The highest BCUT2D eigenvalue weighted by Gasteiger charge is 2.27. The normalized spacial score (nSPS) is 13.6. The second kappa shape index (κ2) is 5.69. The van der Waals surface area contributed by atoms with Crippen molar-refractivity contribution >= 4 is 5.91 Å². The fourth-order valence-electron chi connectivity index (χ4n) is 2.62. The van der Waals surface area contributed by atoms with Gasteiger partial charge in [-0.2, -0.15) is 4.98 Å². The van der Waals surface area contributed by atoms with Crippen LogP contribution < -0.4 is 5.56 Å².